The molecule has 2 aliphatic rings. The molecule has 6 nitrogen and oxygen atoms in total. The van der Waals surface area contributed by atoms with Crippen molar-refractivity contribution in [3.8, 4) is 0 Å². The van der Waals surface area contributed by atoms with E-state index in [4.69, 9.17) is 32.7 Å². The fraction of sp³-hybridized carbons (Fsp3) is 0.583. The van der Waals surface area contributed by atoms with Crippen molar-refractivity contribution in [3.05, 3.63) is 22.3 Å². The average Bonchev–Trinajstić information content (AvgIpc) is 3.00. The molecule has 0 amide bonds. The second kappa shape index (κ2) is 4.70. The number of fused-ring (bicyclic) bond motifs is 2. The molecule has 9 heteroatoms. The first-order valence-corrected chi connectivity index (χ1v) is 8.29. The summed E-state index contributed by atoms with van der Waals surface area (Å²) in [4.78, 5) is 3.98. The Labute approximate surface area is 135 Å². The van der Waals surface area contributed by atoms with Gasteiger partial charge in [-0.2, -0.15) is 0 Å². The van der Waals surface area contributed by atoms with Crippen LogP contribution in [0.4, 0.5) is 0 Å². The lowest BCUT2D eigenvalue weighted by Gasteiger charge is -2.20. The van der Waals surface area contributed by atoms with Crippen LogP contribution in [-0.2, 0) is 9.47 Å². The summed E-state index contributed by atoms with van der Waals surface area (Å²) in [5.41, 5.74) is 0.498. The van der Waals surface area contributed by atoms with E-state index < -0.39 is 5.79 Å². The van der Waals surface area contributed by atoms with Crippen molar-refractivity contribution in [2.75, 3.05) is 5.75 Å². The van der Waals surface area contributed by atoms with Crippen LogP contribution in [0.5, 0.6) is 0 Å². The Kier molecular flexibility index (Phi) is 3.14. The Hall–Kier alpha value is -0.600. The van der Waals surface area contributed by atoms with Gasteiger partial charge in [-0.15, -0.1) is 22.0 Å². The van der Waals surface area contributed by atoms with Gasteiger partial charge in [-0.3, -0.25) is 4.40 Å². The van der Waals surface area contributed by atoms with Gasteiger partial charge in [-0.05, 0) is 13.8 Å². The van der Waals surface area contributed by atoms with Gasteiger partial charge in [0.15, 0.2) is 22.4 Å². The first-order chi connectivity index (χ1) is 9.94. The summed E-state index contributed by atoms with van der Waals surface area (Å²) in [6, 6.07) is 0. The van der Waals surface area contributed by atoms with E-state index in [-0.39, 0.29) is 22.6 Å². The van der Waals surface area contributed by atoms with Gasteiger partial charge < -0.3 is 9.47 Å². The largest absolute Gasteiger partial charge is 0.344 e. The maximum atomic E-state index is 6.06. The number of rotatable bonds is 1. The van der Waals surface area contributed by atoms with Crippen molar-refractivity contribution >= 4 is 40.6 Å². The summed E-state index contributed by atoms with van der Waals surface area (Å²) in [7, 11) is 0. The number of hydrogen-bond donors (Lipinski definition) is 0. The number of aromatic nitrogens is 4. The van der Waals surface area contributed by atoms with E-state index in [2.05, 4.69) is 15.2 Å². The second-order valence-electron chi connectivity index (χ2n) is 5.50. The lowest BCUT2D eigenvalue weighted by atomic mass is 10.1. The molecule has 2 aromatic heterocycles. The Balaban J connectivity index is 1.77. The topological polar surface area (TPSA) is 61.5 Å². The summed E-state index contributed by atoms with van der Waals surface area (Å²) in [6.07, 6.45) is 1.69. The van der Waals surface area contributed by atoms with Gasteiger partial charge in [0.2, 0.25) is 0 Å². The molecule has 0 bridgehead atoms. The van der Waals surface area contributed by atoms with E-state index in [1.807, 2.05) is 13.8 Å². The third-order valence-electron chi connectivity index (χ3n) is 3.56. The van der Waals surface area contributed by atoms with Crippen molar-refractivity contribution < 1.29 is 9.47 Å². The summed E-state index contributed by atoms with van der Waals surface area (Å²) in [5, 5.41) is 8.94. The number of nitrogens with zero attached hydrogens (tertiary/aromatic N) is 4. The fourth-order valence-electron chi connectivity index (χ4n) is 2.81. The van der Waals surface area contributed by atoms with Crippen LogP contribution < -0.4 is 0 Å². The highest BCUT2D eigenvalue weighted by Gasteiger charge is 2.51. The highest BCUT2D eigenvalue weighted by Crippen LogP contribution is 2.48. The quantitative estimate of drug-likeness (QED) is 0.791. The highest BCUT2D eigenvalue weighted by molar-refractivity contribution is 7.99. The van der Waals surface area contributed by atoms with Crippen LogP contribution in [0.15, 0.2) is 6.20 Å². The molecule has 0 spiro atoms. The highest BCUT2D eigenvalue weighted by atomic mass is 35.5. The van der Waals surface area contributed by atoms with E-state index in [1.54, 1.807) is 22.4 Å². The lowest BCUT2D eigenvalue weighted by Crippen LogP contribution is -2.24. The van der Waals surface area contributed by atoms with Crippen molar-refractivity contribution in [1.29, 1.82) is 0 Å². The summed E-state index contributed by atoms with van der Waals surface area (Å²) >= 11 is 13.8. The van der Waals surface area contributed by atoms with Crippen LogP contribution in [0, 0.1) is 0 Å². The van der Waals surface area contributed by atoms with Crippen molar-refractivity contribution in [1.82, 2.24) is 19.6 Å². The summed E-state index contributed by atoms with van der Waals surface area (Å²) in [5.74, 6) is 1.06. The lowest BCUT2D eigenvalue weighted by molar-refractivity contribution is -0.145. The number of thioether (sulfide) groups is 1. The number of hydrogen-bond acceptors (Lipinski definition) is 6. The van der Waals surface area contributed by atoms with E-state index in [0.29, 0.717) is 10.8 Å². The van der Waals surface area contributed by atoms with Gasteiger partial charge >= 0.3 is 0 Å². The predicted octanol–water partition coefficient (Wildman–Crippen LogP) is 2.74. The Morgan fingerprint density at radius 3 is 2.95 bits per heavy atom. The first-order valence-electron chi connectivity index (χ1n) is 6.48. The van der Waals surface area contributed by atoms with Gasteiger partial charge in [0.1, 0.15) is 11.3 Å². The Bertz CT molecular complexity index is 723. The van der Waals surface area contributed by atoms with E-state index in [9.17, 15) is 0 Å². The van der Waals surface area contributed by atoms with Crippen LogP contribution in [0.25, 0.3) is 5.65 Å². The van der Waals surface area contributed by atoms with Crippen molar-refractivity contribution in [3.63, 3.8) is 0 Å². The van der Waals surface area contributed by atoms with E-state index >= 15 is 0 Å². The maximum absolute atomic E-state index is 6.06. The van der Waals surface area contributed by atoms with Gasteiger partial charge in [0.25, 0.3) is 0 Å². The van der Waals surface area contributed by atoms with E-state index in [1.165, 1.54) is 0 Å². The average molecular weight is 347 g/mol. The summed E-state index contributed by atoms with van der Waals surface area (Å²) in [6.45, 7) is 3.85. The third kappa shape index (κ3) is 2.22. The van der Waals surface area contributed by atoms with Crippen LogP contribution in [0.1, 0.15) is 24.9 Å². The number of ether oxygens (including phenoxy) is 2. The zero-order valence-electron chi connectivity index (χ0n) is 11.3. The molecule has 21 heavy (non-hydrogen) atoms. The van der Waals surface area contributed by atoms with Crippen LogP contribution in [0.2, 0.25) is 10.3 Å². The molecule has 2 aromatic rings. The van der Waals surface area contributed by atoms with Crippen LogP contribution in [-0.4, -0.2) is 43.3 Å². The van der Waals surface area contributed by atoms with Gasteiger partial charge in [-0.1, -0.05) is 23.2 Å². The minimum absolute atomic E-state index is 0.0290. The van der Waals surface area contributed by atoms with Crippen molar-refractivity contribution in [2.24, 2.45) is 0 Å². The molecular weight excluding hydrogens is 335 g/mol. The SMILES string of the molecule is CC1(C)O[C@@H]2[C@@H](CS[C@H]2c2nnc3c(Cl)nc(Cl)cn23)O1. The predicted molar refractivity (Wildman–Crippen MR) is 79.8 cm³/mol. The minimum Gasteiger partial charge on any atom is -0.344 e. The molecule has 2 aliphatic heterocycles. The van der Waals surface area contributed by atoms with Crippen LogP contribution >= 0.6 is 35.0 Å². The van der Waals surface area contributed by atoms with Gasteiger partial charge in [0.05, 0.1) is 11.4 Å². The van der Waals surface area contributed by atoms with Gasteiger partial charge in [-0.25, -0.2) is 4.98 Å². The molecule has 4 heterocycles. The summed E-state index contributed by atoms with van der Waals surface area (Å²) < 4.78 is 13.7. The monoisotopic (exact) mass is 346 g/mol. The normalized spacial score (nSPS) is 31.0. The zero-order chi connectivity index (χ0) is 14.8. The number of halogens is 2. The molecule has 0 unspecified atom stereocenters. The molecule has 0 aromatic carbocycles. The fourth-order valence-corrected chi connectivity index (χ4v) is 4.64. The molecule has 4 rings (SSSR count). The zero-order valence-corrected chi connectivity index (χ0v) is 13.6. The minimum atomic E-state index is -0.564. The molecule has 0 aliphatic carbocycles. The van der Waals surface area contributed by atoms with Gasteiger partial charge in [0, 0.05) is 11.9 Å². The Morgan fingerprint density at radius 1 is 1.33 bits per heavy atom. The second-order valence-corrected chi connectivity index (χ2v) is 7.42. The van der Waals surface area contributed by atoms with Crippen LogP contribution in [0.3, 0.4) is 0 Å². The maximum Gasteiger partial charge on any atom is 0.198 e. The molecule has 2 fully saturated rings. The van der Waals surface area contributed by atoms with E-state index in [0.717, 1.165) is 11.6 Å². The molecule has 0 radical (unpaired) electrons. The third-order valence-corrected chi connectivity index (χ3v) is 5.36. The molecule has 0 N–H and O–H groups in total. The molecule has 112 valence electrons. The molecule has 3 atom stereocenters. The van der Waals surface area contributed by atoms with Crippen molar-refractivity contribution in [2.45, 2.75) is 37.1 Å². The molecule has 0 saturated carbocycles. The first kappa shape index (κ1) is 14.0. The Morgan fingerprint density at radius 2 is 2.14 bits per heavy atom. The standard InChI is InChI=1S/C12H12Cl2N4O2S/c1-12(2)19-5-4-21-8(7(5)20-12)10-16-17-11-9(14)15-6(13)3-18(10)11/h3,5,7-8H,4H2,1-2H3/t5-,7-,8-/m1/s1. The molecular formula is C12H12Cl2N4O2S. The molecule has 2 saturated heterocycles. The smallest absolute Gasteiger partial charge is 0.198 e.